The van der Waals surface area contributed by atoms with Gasteiger partial charge in [-0.05, 0) is 43.0 Å². The Morgan fingerprint density at radius 3 is 2.67 bits per heavy atom. The second-order valence-electron chi connectivity index (χ2n) is 7.81. The molecular weight excluding hydrogens is 392 g/mol. The van der Waals surface area contributed by atoms with Crippen LogP contribution in [-0.4, -0.2) is 14.8 Å². The lowest BCUT2D eigenvalue weighted by Gasteiger charge is -2.38. The summed E-state index contributed by atoms with van der Waals surface area (Å²) < 4.78 is 8.62. The van der Waals surface area contributed by atoms with E-state index in [1.54, 1.807) is 17.7 Å². The number of hydrogen-bond donors (Lipinski definition) is 1. The van der Waals surface area contributed by atoms with Crippen LogP contribution in [0.5, 0.6) is 5.75 Å². The summed E-state index contributed by atoms with van der Waals surface area (Å²) in [5, 5.41) is 10.2. The summed E-state index contributed by atoms with van der Waals surface area (Å²) in [7, 11) is 0. The van der Waals surface area contributed by atoms with Gasteiger partial charge in [-0.1, -0.05) is 47.5 Å². The van der Waals surface area contributed by atoms with Crippen LogP contribution in [0.3, 0.4) is 0 Å². The highest BCUT2D eigenvalue weighted by molar-refractivity contribution is 7.10. The normalized spacial score (nSPS) is 19.4. The first-order chi connectivity index (χ1) is 14.7. The minimum atomic E-state index is -0.215. The molecule has 2 aromatic carbocycles. The van der Waals surface area contributed by atoms with Crippen LogP contribution < -0.4 is 10.1 Å². The Morgan fingerprint density at radius 2 is 1.87 bits per heavy atom. The summed E-state index contributed by atoms with van der Waals surface area (Å²) in [6.45, 7) is 4.21. The Bertz CT molecular complexity index is 1270. The quantitative estimate of drug-likeness (QED) is 0.471. The minimum absolute atomic E-state index is 0.0706. The van der Waals surface area contributed by atoms with Gasteiger partial charge in [0, 0.05) is 16.0 Å². The van der Waals surface area contributed by atoms with E-state index in [4.69, 9.17) is 4.74 Å². The van der Waals surface area contributed by atoms with Gasteiger partial charge in [0.2, 0.25) is 5.95 Å². The predicted octanol–water partition coefficient (Wildman–Crippen LogP) is 5.52. The highest BCUT2D eigenvalue weighted by Gasteiger charge is 2.41. The molecule has 0 saturated heterocycles. The lowest BCUT2D eigenvalue weighted by Crippen LogP contribution is -2.32. The summed E-state index contributed by atoms with van der Waals surface area (Å²) in [4.78, 5) is 5.70. The number of nitrogens with one attached hydrogen (secondary N) is 1. The smallest absolute Gasteiger partial charge is 0.226 e. The highest BCUT2D eigenvalue weighted by atomic mass is 32.1. The summed E-state index contributed by atoms with van der Waals surface area (Å²) in [6.07, 6.45) is 1.40. The van der Waals surface area contributed by atoms with E-state index in [-0.39, 0.29) is 12.1 Å². The van der Waals surface area contributed by atoms with Crippen molar-refractivity contribution in [2.75, 3.05) is 5.32 Å². The van der Waals surface area contributed by atoms with Crippen molar-refractivity contribution in [1.82, 2.24) is 14.8 Å². The van der Waals surface area contributed by atoms with Crippen molar-refractivity contribution < 1.29 is 4.74 Å². The van der Waals surface area contributed by atoms with Gasteiger partial charge in [-0.2, -0.15) is 10.1 Å². The first-order valence-electron chi connectivity index (χ1n) is 9.97. The van der Waals surface area contributed by atoms with Gasteiger partial charge >= 0.3 is 0 Å². The zero-order valence-corrected chi connectivity index (χ0v) is 17.5. The Kier molecular flexibility index (Phi) is 3.83. The molecule has 2 aliphatic heterocycles. The topological polar surface area (TPSA) is 52.0 Å². The van der Waals surface area contributed by atoms with Crippen molar-refractivity contribution in [2.45, 2.75) is 26.0 Å². The van der Waals surface area contributed by atoms with E-state index < -0.39 is 0 Å². The van der Waals surface area contributed by atoms with E-state index in [1.807, 2.05) is 4.68 Å². The standard InChI is InChI=1S/C24H20N4OS/c1-14-5-8-16(9-6-14)23-20-21(17-12-15(2)7-10-18(17)29-23)27-24-25-13-26-28(24)22(20)19-4-3-11-30-19/h3-13,22-23H,1-2H3,(H,25,26,27). The average molecular weight is 413 g/mol. The third-order valence-corrected chi connectivity index (χ3v) is 6.69. The molecule has 0 amide bonds. The third-order valence-electron chi connectivity index (χ3n) is 5.76. The van der Waals surface area contributed by atoms with Crippen LogP contribution in [0.4, 0.5) is 5.95 Å². The van der Waals surface area contributed by atoms with Crippen LogP contribution in [0.15, 0.2) is 71.9 Å². The molecule has 4 heterocycles. The number of aryl methyl sites for hydroxylation is 2. The summed E-state index contributed by atoms with van der Waals surface area (Å²) in [5.41, 5.74) is 6.87. The van der Waals surface area contributed by atoms with E-state index in [2.05, 4.69) is 89.2 Å². The molecule has 4 aromatic rings. The maximum atomic E-state index is 6.65. The van der Waals surface area contributed by atoms with Gasteiger partial charge in [-0.3, -0.25) is 0 Å². The molecule has 30 heavy (non-hydrogen) atoms. The maximum Gasteiger partial charge on any atom is 0.226 e. The largest absolute Gasteiger partial charge is 0.480 e. The summed E-state index contributed by atoms with van der Waals surface area (Å²) in [6, 6.07) is 19.1. The summed E-state index contributed by atoms with van der Waals surface area (Å²) >= 11 is 1.73. The molecule has 0 spiro atoms. The van der Waals surface area contributed by atoms with Crippen molar-refractivity contribution in [3.05, 3.63) is 99.0 Å². The molecular formula is C24H20N4OS. The SMILES string of the molecule is Cc1ccc(C2Oc3ccc(C)cc3C3=C2C(c2cccs2)n2ncnc2N3)cc1. The van der Waals surface area contributed by atoms with Crippen LogP contribution in [0.2, 0.25) is 0 Å². The average Bonchev–Trinajstić information content (AvgIpc) is 3.44. The van der Waals surface area contributed by atoms with Crippen LogP contribution in [-0.2, 0) is 0 Å². The third kappa shape index (κ3) is 2.60. The van der Waals surface area contributed by atoms with Crippen LogP contribution >= 0.6 is 11.3 Å². The van der Waals surface area contributed by atoms with Crippen molar-refractivity contribution >= 4 is 23.0 Å². The minimum Gasteiger partial charge on any atom is -0.480 e. The maximum absolute atomic E-state index is 6.65. The fourth-order valence-electron chi connectivity index (χ4n) is 4.32. The molecule has 6 rings (SSSR count). The molecule has 148 valence electrons. The van der Waals surface area contributed by atoms with E-state index in [9.17, 15) is 0 Å². The van der Waals surface area contributed by atoms with Gasteiger partial charge in [-0.25, -0.2) is 4.68 Å². The monoisotopic (exact) mass is 412 g/mol. The molecule has 6 heteroatoms. The number of benzene rings is 2. The van der Waals surface area contributed by atoms with Gasteiger partial charge in [-0.15, -0.1) is 11.3 Å². The van der Waals surface area contributed by atoms with Gasteiger partial charge in [0.25, 0.3) is 0 Å². The first-order valence-corrected chi connectivity index (χ1v) is 10.9. The van der Waals surface area contributed by atoms with Crippen molar-refractivity contribution in [2.24, 2.45) is 0 Å². The van der Waals surface area contributed by atoms with Gasteiger partial charge < -0.3 is 10.1 Å². The molecule has 0 saturated carbocycles. The number of hydrogen-bond acceptors (Lipinski definition) is 5. The van der Waals surface area contributed by atoms with Gasteiger partial charge in [0.05, 0.1) is 5.70 Å². The molecule has 1 N–H and O–H groups in total. The fraction of sp³-hybridized carbons (Fsp3) is 0.167. The van der Waals surface area contributed by atoms with Gasteiger partial charge in [0.1, 0.15) is 24.2 Å². The molecule has 0 fully saturated rings. The molecule has 0 aliphatic carbocycles. The van der Waals surface area contributed by atoms with E-state index >= 15 is 0 Å². The molecule has 0 radical (unpaired) electrons. The molecule has 2 aliphatic rings. The highest BCUT2D eigenvalue weighted by Crippen LogP contribution is 2.51. The van der Waals surface area contributed by atoms with Crippen molar-refractivity contribution in [1.29, 1.82) is 0 Å². The lowest BCUT2D eigenvalue weighted by molar-refractivity contribution is 0.223. The molecule has 2 aromatic heterocycles. The number of aromatic nitrogens is 3. The lowest BCUT2D eigenvalue weighted by atomic mass is 9.86. The molecule has 5 nitrogen and oxygen atoms in total. The van der Waals surface area contributed by atoms with Crippen LogP contribution in [0.1, 0.15) is 39.3 Å². The van der Waals surface area contributed by atoms with Crippen LogP contribution in [0.25, 0.3) is 5.70 Å². The first kappa shape index (κ1) is 17.5. The number of nitrogens with zero attached hydrogens (tertiary/aromatic N) is 3. The zero-order valence-electron chi connectivity index (χ0n) is 16.7. The Balaban J connectivity index is 1.63. The zero-order chi connectivity index (χ0) is 20.2. The van der Waals surface area contributed by atoms with E-state index in [0.717, 1.165) is 34.1 Å². The van der Waals surface area contributed by atoms with Crippen LogP contribution in [0, 0.1) is 13.8 Å². The molecule has 2 unspecified atom stereocenters. The van der Waals surface area contributed by atoms with E-state index in [0.29, 0.717) is 0 Å². The number of rotatable bonds is 2. The van der Waals surface area contributed by atoms with Crippen molar-refractivity contribution in [3.8, 4) is 5.75 Å². The molecule has 2 atom stereocenters. The number of anilines is 1. The predicted molar refractivity (Wildman–Crippen MR) is 119 cm³/mol. The number of fused-ring (bicyclic) bond motifs is 3. The number of thiophene rings is 1. The van der Waals surface area contributed by atoms with Gasteiger partial charge in [0.15, 0.2) is 0 Å². The van der Waals surface area contributed by atoms with E-state index in [1.165, 1.54) is 16.0 Å². The Labute approximate surface area is 178 Å². The molecule has 0 bridgehead atoms. The summed E-state index contributed by atoms with van der Waals surface area (Å²) in [5.74, 6) is 1.64. The Morgan fingerprint density at radius 1 is 1.03 bits per heavy atom. The fourth-order valence-corrected chi connectivity index (χ4v) is 5.15. The number of ether oxygens (including phenoxy) is 1. The van der Waals surface area contributed by atoms with Crippen molar-refractivity contribution in [3.63, 3.8) is 0 Å². The second-order valence-corrected chi connectivity index (χ2v) is 8.79. The Hall–Kier alpha value is -3.38. The second kappa shape index (κ2) is 6.57.